The third-order valence-electron chi connectivity index (χ3n) is 2.82. The van der Waals surface area contributed by atoms with Crippen molar-refractivity contribution in [1.82, 2.24) is 0 Å². The van der Waals surface area contributed by atoms with Crippen LogP contribution in [0, 0.1) is 11.6 Å². The van der Waals surface area contributed by atoms with Crippen LogP contribution in [0.15, 0.2) is 42.5 Å². The van der Waals surface area contributed by atoms with Gasteiger partial charge in [0.1, 0.15) is 11.6 Å². The lowest BCUT2D eigenvalue weighted by Gasteiger charge is -2.11. The van der Waals surface area contributed by atoms with E-state index in [-0.39, 0.29) is 5.56 Å². The van der Waals surface area contributed by atoms with E-state index in [1.165, 1.54) is 6.07 Å². The highest BCUT2D eigenvalue weighted by molar-refractivity contribution is 5.70. The molecule has 0 N–H and O–H groups in total. The standard InChI is InChI=1S/C16H15F2N/c1-19(2)15-8-4-12(5-9-15)3-6-13-11-14(17)7-10-16(13)18/h3-11H,1-2H3/b6-3+. The minimum Gasteiger partial charge on any atom is -0.378 e. The lowest BCUT2D eigenvalue weighted by atomic mass is 10.1. The third kappa shape index (κ3) is 3.41. The molecule has 0 fully saturated rings. The second-order valence-corrected chi connectivity index (χ2v) is 4.49. The summed E-state index contributed by atoms with van der Waals surface area (Å²) in [6.45, 7) is 0. The maximum absolute atomic E-state index is 13.4. The van der Waals surface area contributed by atoms with Crippen LogP contribution >= 0.6 is 0 Å². The van der Waals surface area contributed by atoms with Gasteiger partial charge >= 0.3 is 0 Å². The van der Waals surface area contributed by atoms with Crippen molar-refractivity contribution in [3.05, 3.63) is 65.2 Å². The molecule has 0 saturated carbocycles. The first kappa shape index (κ1) is 13.3. The molecule has 0 amide bonds. The number of halogens is 2. The van der Waals surface area contributed by atoms with E-state index in [2.05, 4.69) is 0 Å². The lowest BCUT2D eigenvalue weighted by Crippen LogP contribution is -2.07. The van der Waals surface area contributed by atoms with Crippen molar-refractivity contribution in [2.75, 3.05) is 19.0 Å². The molecule has 2 rings (SSSR count). The summed E-state index contributed by atoms with van der Waals surface area (Å²) in [6, 6.07) is 11.2. The van der Waals surface area contributed by atoms with Crippen molar-refractivity contribution in [2.24, 2.45) is 0 Å². The van der Waals surface area contributed by atoms with Crippen LogP contribution in [-0.2, 0) is 0 Å². The molecule has 0 saturated heterocycles. The molecule has 0 unspecified atom stereocenters. The highest BCUT2D eigenvalue weighted by Gasteiger charge is 2.00. The Morgan fingerprint density at radius 1 is 0.895 bits per heavy atom. The number of hydrogen-bond acceptors (Lipinski definition) is 1. The summed E-state index contributed by atoms with van der Waals surface area (Å²) in [4.78, 5) is 2.00. The van der Waals surface area contributed by atoms with Gasteiger partial charge in [0.05, 0.1) is 0 Å². The zero-order chi connectivity index (χ0) is 13.8. The van der Waals surface area contributed by atoms with Crippen molar-refractivity contribution in [3.63, 3.8) is 0 Å². The van der Waals surface area contributed by atoms with Crippen molar-refractivity contribution in [2.45, 2.75) is 0 Å². The van der Waals surface area contributed by atoms with Gasteiger partial charge in [-0.1, -0.05) is 24.3 Å². The highest BCUT2D eigenvalue weighted by atomic mass is 19.1. The SMILES string of the molecule is CN(C)c1ccc(/C=C/c2cc(F)ccc2F)cc1. The Morgan fingerprint density at radius 3 is 2.21 bits per heavy atom. The van der Waals surface area contributed by atoms with E-state index >= 15 is 0 Å². The summed E-state index contributed by atoms with van der Waals surface area (Å²) in [6.07, 6.45) is 3.33. The fourth-order valence-electron chi connectivity index (χ4n) is 1.71. The van der Waals surface area contributed by atoms with Crippen LogP contribution in [0.1, 0.15) is 11.1 Å². The van der Waals surface area contributed by atoms with Crippen molar-refractivity contribution >= 4 is 17.8 Å². The minimum atomic E-state index is -0.441. The Morgan fingerprint density at radius 2 is 1.58 bits per heavy atom. The first-order chi connectivity index (χ1) is 9.06. The zero-order valence-corrected chi connectivity index (χ0v) is 10.9. The molecule has 0 aliphatic heterocycles. The first-order valence-corrected chi connectivity index (χ1v) is 5.97. The summed E-state index contributed by atoms with van der Waals surface area (Å²) < 4.78 is 26.4. The first-order valence-electron chi connectivity index (χ1n) is 5.97. The van der Waals surface area contributed by atoms with E-state index in [4.69, 9.17) is 0 Å². The van der Waals surface area contributed by atoms with Gasteiger partial charge in [-0.05, 0) is 35.9 Å². The molecule has 2 aromatic carbocycles. The number of benzene rings is 2. The second kappa shape index (κ2) is 5.65. The Labute approximate surface area is 111 Å². The molecule has 0 atom stereocenters. The quantitative estimate of drug-likeness (QED) is 0.747. The molecule has 0 aromatic heterocycles. The number of rotatable bonds is 3. The molecule has 0 spiro atoms. The van der Waals surface area contributed by atoms with Gasteiger partial charge in [0.25, 0.3) is 0 Å². The van der Waals surface area contributed by atoms with Crippen molar-refractivity contribution in [1.29, 1.82) is 0 Å². The topological polar surface area (TPSA) is 3.24 Å². The monoisotopic (exact) mass is 259 g/mol. The van der Waals surface area contributed by atoms with Crippen molar-refractivity contribution < 1.29 is 8.78 Å². The van der Waals surface area contributed by atoms with Gasteiger partial charge in [0, 0.05) is 25.3 Å². The number of nitrogens with zero attached hydrogens (tertiary/aromatic N) is 1. The summed E-state index contributed by atoms with van der Waals surface area (Å²) in [5, 5.41) is 0. The molecule has 0 radical (unpaired) electrons. The van der Waals surface area contributed by atoms with E-state index in [1.54, 1.807) is 12.2 Å². The largest absolute Gasteiger partial charge is 0.378 e. The minimum absolute atomic E-state index is 0.247. The van der Waals surface area contributed by atoms with Gasteiger partial charge in [-0.25, -0.2) is 8.78 Å². The average molecular weight is 259 g/mol. The zero-order valence-electron chi connectivity index (χ0n) is 10.9. The molecule has 0 aliphatic rings. The van der Waals surface area contributed by atoms with Crippen LogP contribution in [0.4, 0.5) is 14.5 Å². The van der Waals surface area contributed by atoms with Gasteiger partial charge in [-0.2, -0.15) is 0 Å². The molecule has 0 heterocycles. The molecular weight excluding hydrogens is 244 g/mol. The van der Waals surface area contributed by atoms with Crippen LogP contribution in [0.25, 0.3) is 12.2 Å². The van der Waals surface area contributed by atoms with Crippen LogP contribution < -0.4 is 4.90 Å². The Kier molecular flexibility index (Phi) is 3.95. The van der Waals surface area contributed by atoms with E-state index in [1.807, 2.05) is 43.3 Å². The summed E-state index contributed by atoms with van der Waals surface area (Å²) in [7, 11) is 3.93. The fourth-order valence-corrected chi connectivity index (χ4v) is 1.71. The highest BCUT2D eigenvalue weighted by Crippen LogP contribution is 2.16. The molecule has 2 aromatic rings. The van der Waals surface area contributed by atoms with Crippen LogP contribution in [-0.4, -0.2) is 14.1 Å². The molecule has 19 heavy (non-hydrogen) atoms. The van der Waals surface area contributed by atoms with Crippen molar-refractivity contribution in [3.8, 4) is 0 Å². The van der Waals surface area contributed by atoms with E-state index in [9.17, 15) is 8.78 Å². The van der Waals surface area contributed by atoms with E-state index in [0.717, 1.165) is 23.4 Å². The van der Waals surface area contributed by atoms with Crippen LogP contribution in [0.3, 0.4) is 0 Å². The number of hydrogen-bond donors (Lipinski definition) is 0. The normalized spacial score (nSPS) is 10.9. The smallest absolute Gasteiger partial charge is 0.130 e. The van der Waals surface area contributed by atoms with Crippen LogP contribution in [0.2, 0.25) is 0 Å². The Hall–Kier alpha value is -2.16. The molecule has 0 aliphatic carbocycles. The molecule has 1 nitrogen and oxygen atoms in total. The molecule has 3 heteroatoms. The molecule has 0 bridgehead atoms. The van der Waals surface area contributed by atoms with Gasteiger partial charge in [-0.3, -0.25) is 0 Å². The van der Waals surface area contributed by atoms with Gasteiger partial charge < -0.3 is 4.90 Å². The van der Waals surface area contributed by atoms with E-state index in [0.29, 0.717) is 0 Å². The Bertz CT molecular complexity index is 586. The third-order valence-corrected chi connectivity index (χ3v) is 2.82. The second-order valence-electron chi connectivity index (χ2n) is 4.49. The van der Waals surface area contributed by atoms with Crippen LogP contribution in [0.5, 0.6) is 0 Å². The molecular formula is C16H15F2N. The lowest BCUT2D eigenvalue weighted by molar-refractivity contribution is 0.598. The fraction of sp³-hybridized carbons (Fsp3) is 0.125. The maximum atomic E-state index is 13.4. The van der Waals surface area contributed by atoms with Gasteiger partial charge in [0.15, 0.2) is 0 Å². The summed E-state index contributed by atoms with van der Waals surface area (Å²) in [5.41, 5.74) is 2.28. The van der Waals surface area contributed by atoms with Gasteiger partial charge in [-0.15, -0.1) is 0 Å². The van der Waals surface area contributed by atoms with E-state index < -0.39 is 11.6 Å². The summed E-state index contributed by atoms with van der Waals surface area (Å²) in [5.74, 6) is -0.869. The number of anilines is 1. The molecule has 98 valence electrons. The average Bonchev–Trinajstić information content (AvgIpc) is 2.40. The Balaban J connectivity index is 2.20. The van der Waals surface area contributed by atoms with Gasteiger partial charge in [0.2, 0.25) is 0 Å². The maximum Gasteiger partial charge on any atom is 0.130 e. The predicted molar refractivity (Wildman–Crippen MR) is 76.1 cm³/mol. The predicted octanol–water partition coefficient (Wildman–Crippen LogP) is 4.20. The summed E-state index contributed by atoms with van der Waals surface area (Å²) >= 11 is 0.